The Hall–Kier alpha value is -0.620. The lowest BCUT2D eigenvalue weighted by atomic mass is 10.2. The van der Waals surface area contributed by atoms with Crippen molar-refractivity contribution in [1.29, 1.82) is 0 Å². The van der Waals surface area contributed by atoms with Gasteiger partial charge in [0.05, 0.1) is 17.0 Å². The molecule has 0 spiro atoms. The topological polar surface area (TPSA) is 75.3 Å². The van der Waals surface area contributed by atoms with Crippen molar-refractivity contribution in [2.24, 2.45) is 0 Å². The minimum atomic E-state index is -2.95. The van der Waals surface area contributed by atoms with E-state index in [4.69, 9.17) is 0 Å². The molecule has 0 aromatic carbocycles. The SMILES string of the molecule is CNC(C)C(=O)NCC1CCCS1(=O)=O. The summed E-state index contributed by atoms with van der Waals surface area (Å²) in [4.78, 5) is 11.4. The minimum Gasteiger partial charge on any atom is -0.353 e. The third-order valence-corrected chi connectivity index (χ3v) is 5.07. The van der Waals surface area contributed by atoms with E-state index in [0.717, 1.165) is 0 Å². The van der Waals surface area contributed by atoms with E-state index in [1.54, 1.807) is 14.0 Å². The lowest BCUT2D eigenvalue weighted by Crippen LogP contribution is -2.44. The summed E-state index contributed by atoms with van der Waals surface area (Å²) in [6.07, 6.45) is 1.38. The summed E-state index contributed by atoms with van der Waals surface area (Å²) < 4.78 is 22.9. The van der Waals surface area contributed by atoms with E-state index in [-0.39, 0.29) is 29.5 Å². The van der Waals surface area contributed by atoms with Crippen LogP contribution in [0.5, 0.6) is 0 Å². The van der Waals surface area contributed by atoms with Gasteiger partial charge >= 0.3 is 0 Å². The van der Waals surface area contributed by atoms with Crippen molar-refractivity contribution < 1.29 is 13.2 Å². The largest absolute Gasteiger partial charge is 0.353 e. The Morgan fingerprint density at radius 2 is 2.20 bits per heavy atom. The van der Waals surface area contributed by atoms with Crippen LogP contribution in [0.4, 0.5) is 0 Å². The molecular formula is C9H18N2O3S. The molecule has 1 aliphatic heterocycles. The molecule has 1 rings (SSSR count). The average Bonchev–Trinajstić information content (AvgIpc) is 2.53. The van der Waals surface area contributed by atoms with Crippen LogP contribution < -0.4 is 10.6 Å². The Kier molecular flexibility index (Phi) is 4.10. The Morgan fingerprint density at radius 1 is 1.53 bits per heavy atom. The second-order valence-electron chi connectivity index (χ2n) is 3.89. The Morgan fingerprint density at radius 3 is 2.67 bits per heavy atom. The van der Waals surface area contributed by atoms with E-state index in [2.05, 4.69) is 10.6 Å². The zero-order valence-corrected chi connectivity index (χ0v) is 9.93. The van der Waals surface area contributed by atoms with Crippen LogP contribution in [-0.4, -0.2) is 45.0 Å². The summed E-state index contributed by atoms with van der Waals surface area (Å²) >= 11 is 0. The van der Waals surface area contributed by atoms with Gasteiger partial charge in [-0.25, -0.2) is 8.42 Å². The van der Waals surface area contributed by atoms with Gasteiger partial charge in [-0.1, -0.05) is 0 Å². The van der Waals surface area contributed by atoms with Crippen LogP contribution >= 0.6 is 0 Å². The fraction of sp³-hybridized carbons (Fsp3) is 0.889. The molecule has 1 fully saturated rings. The van der Waals surface area contributed by atoms with Crippen LogP contribution in [0.25, 0.3) is 0 Å². The molecule has 2 N–H and O–H groups in total. The van der Waals surface area contributed by atoms with Crippen LogP contribution in [0.1, 0.15) is 19.8 Å². The monoisotopic (exact) mass is 234 g/mol. The predicted octanol–water partition coefficient (Wildman–Crippen LogP) is -0.712. The fourth-order valence-corrected chi connectivity index (χ4v) is 3.35. The highest BCUT2D eigenvalue weighted by Crippen LogP contribution is 2.18. The molecule has 2 unspecified atom stereocenters. The molecule has 88 valence electrons. The van der Waals surface area contributed by atoms with Crippen LogP contribution in [0.3, 0.4) is 0 Å². The first kappa shape index (κ1) is 12.4. The maximum Gasteiger partial charge on any atom is 0.236 e. The summed E-state index contributed by atoms with van der Waals surface area (Å²) in [5.74, 6) is 0.106. The molecule has 15 heavy (non-hydrogen) atoms. The number of carbonyl (C=O) groups is 1. The van der Waals surface area contributed by atoms with Gasteiger partial charge in [0.2, 0.25) is 5.91 Å². The van der Waals surface area contributed by atoms with E-state index in [1.807, 2.05) is 0 Å². The number of amides is 1. The number of rotatable bonds is 4. The lowest BCUT2D eigenvalue weighted by molar-refractivity contribution is -0.122. The summed E-state index contributed by atoms with van der Waals surface area (Å²) in [6, 6.07) is -0.283. The highest BCUT2D eigenvalue weighted by atomic mass is 32.2. The summed E-state index contributed by atoms with van der Waals surface area (Å²) in [6.45, 7) is 1.98. The van der Waals surface area contributed by atoms with Gasteiger partial charge in [-0.3, -0.25) is 4.79 Å². The minimum absolute atomic E-state index is 0.153. The molecule has 0 aromatic rings. The molecule has 0 saturated carbocycles. The van der Waals surface area contributed by atoms with Crippen molar-refractivity contribution in [3.8, 4) is 0 Å². The first-order valence-corrected chi connectivity index (χ1v) is 6.85. The van der Waals surface area contributed by atoms with Crippen molar-refractivity contribution in [2.45, 2.75) is 31.1 Å². The maximum atomic E-state index is 11.4. The number of sulfone groups is 1. The summed E-state index contributed by atoms with van der Waals surface area (Å²) in [7, 11) is -1.26. The van der Waals surface area contributed by atoms with Crippen molar-refractivity contribution >= 4 is 15.7 Å². The number of likely N-dealkylation sites (N-methyl/N-ethyl adjacent to an activating group) is 1. The highest BCUT2D eigenvalue weighted by molar-refractivity contribution is 7.92. The predicted molar refractivity (Wildman–Crippen MR) is 58.3 cm³/mol. The van der Waals surface area contributed by atoms with Crippen molar-refractivity contribution in [2.75, 3.05) is 19.3 Å². The number of nitrogens with one attached hydrogen (secondary N) is 2. The average molecular weight is 234 g/mol. The molecule has 0 radical (unpaired) electrons. The van der Waals surface area contributed by atoms with E-state index < -0.39 is 9.84 Å². The van der Waals surface area contributed by atoms with E-state index in [0.29, 0.717) is 12.8 Å². The maximum absolute atomic E-state index is 11.4. The normalized spacial score (nSPS) is 26.1. The third kappa shape index (κ3) is 3.17. The quantitative estimate of drug-likeness (QED) is 0.673. The van der Waals surface area contributed by atoms with Crippen LogP contribution in [0.15, 0.2) is 0 Å². The van der Waals surface area contributed by atoms with Gasteiger partial charge in [-0.2, -0.15) is 0 Å². The Bertz CT molecular complexity index is 326. The summed E-state index contributed by atoms with van der Waals surface area (Å²) in [5, 5.41) is 5.07. The van der Waals surface area contributed by atoms with Gasteiger partial charge in [-0.15, -0.1) is 0 Å². The van der Waals surface area contributed by atoms with Gasteiger partial charge in [0.1, 0.15) is 0 Å². The summed E-state index contributed by atoms with van der Waals surface area (Å²) in [5.41, 5.74) is 0. The van der Waals surface area contributed by atoms with Crippen molar-refractivity contribution in [1.82, 2.24) is 10.6 Å². The van der Waals surface area contributed by atoms with Crippen molar-refractivity contribution in [3.63, 3.8) is 0 Å². The zero-order chi connectivity index (χ0) is 11.5. The molecule has 0 bridgehead atoms. The number of hydrogen-bond donors (Lipinski definition) is 2. The fourth-order valence-electron chi connectivity index (χ4n) is 1.59. The van der Waals surface area contributed by atoms with Gasteiger partial charge in [0, 0.05) is 6.54 Å². The molecule has 1 heterocycles. The molecule has 1 saturated heterocycles. The molecule has 2 atom stereocenters. The Balaban J connectivity index is 2.41. The van der Waals surface area contributed by atoms with Gasteiger partial charge in [0.25, 0.3) is 0 Å². The van der Waals surface area contributed by atoms with E-state index in [9.17, 15) is 13.2 Å². The van der Waals surface area contributed by atoms with Crippen molar-refractivity contribution in [3.05, 3.63) is 0 Å². The van der Waals surface area contributed by atoms with E-state index >= 15 is 0 Å². The second-order valence-corrected chi connectivity index (χ2v) is 6.29. The lowest BCUT2D eigenvalue weighted by Gasteiger charge is -2.14. The smallest absolute Gasteiger partial charge is 0.236 e. The van der Waals surface area contributed by atoms with Crippen LogP contribution in [0, 0.1) is 0 Å². The highest BCUT2D eigenvalue weighted by Gasteiger charge is 2.31. The zero-order valence-electron chi connectivity index (χ0n) is 9.12. The van der Waals surface area contributed by atoms with Crippen LogP contribution in [-0.2, 0) is 14.6 Å². The third-order valence-electron chi connectivity index (χ3n) is 2.79. The molecule has 1 amide bonds. The first-order valence-electron chi connectivity index (χ1n) is 5.14. The number of carbonyl (C=O) groups excluding carboxylic acids is 1. The molecule has 0 aromatic heterocycles. The molecule has 6 heteroatoms. The number of hydrogen-bond acceptors (Lipinski definition) is 4. The Labute approximate surface area is 90.5 Å². The van der Waals surface area contributed by atoms with Gasteiger partial charge in [-0.05, 0) is 26.8 Å². The second kappa shape index (κ2) is 4.94. The molecule has 5 nitrogen and oxygen atoms in total. The van der Waals surface area contributed by atoms with Gasteiger partial charge < -0.3 is 10.6 Å². The molecule has 1 aliphatic rings. The first-order chi connectivity index (χ1) is 6.97. The van der Waals surface area contributed by atoms with Gasteiger partial charge in [0.15, 0.2) is 9.84 Å². The molecule has 0 aliphatic carbocycles. The molecular weight excluding hydrogens is 216 g/mol. The standard InChI is InChI=1S/C9H18N2O3S/c1-7(10-2)9(12)11-6-8-4-3-5-15(8,13)14/h7-8,10H,3-6H2,1-2H3,(H,11,12). The van der Waals surface area contributed by atoms with Crippen LogP contribution in [0.2, 0.25) is 0 Å². The van der Waals surface area contributed by atoms with E-state index in [1.165, 1.54) is 0 Å².